The molecule has 0 aliphatic rings. The molecule has 0 aliphatic heterocycles. The monoisotopic (exact) mass is 636 g/mol. The van der Waals surface area contributed by atoms with Crippen molar-refractivity contribution in [2.24, 2.45) is 0 Å². The maximum atomic E-state index is 9.10. The van der Waals surface area contributed by atoms with Crippen molar-refractivity contribution in [2.75, 3.05) is 0 Å². The minimum Gasteiger partial charge on any atom is -0.473 e. The second kappa shape index (κ2) is 27.2. The summed E-state index contributed by atoms with van der Waals surface area (Å²) >= 11 is 0. The minimum atomic E-state index is -1.82. The standard InChI is InChI=1S/5C2H2O4.2Nb/c5*3-1(4)2(5)6;;/h5*(H,3,4)(H,5,6);;. The number of carbonyl (C=O) groups is 10. The van der Waals surface area contributed by atoms with Crippen molar-refractivity contribution in [1.29, 1.82) is 0 Å². The van der Waals surface area contributed by atoms with E-state index in [2.05, 4.69) is 0 Å². The number of aliphatic carboxylic acids is 10. The van der Waals surface area contributed by atoms with Gasteiger partial charge in [0, 0.05) is 44.8 Å². The first-order valence-corrected chi connectivity index (χ1v) is 5.53. The van der Waals surface area contributed by atoms with E-state index in [4.69, 9.17) is 99.0 Å². The molecule has 0 aromatic heterocycles. The van der Waals surface area contributed by atoms with Gasteiger partial charge in [-0.1, -0.05) is 0 Å². The smallest absolute Gasteiger partial charge is 0.414 e. The van der Waals surface area contributed by atoms with Gasteiger partial charge >= 0.3 is 59.7 Å². The van der Waals surface area contributed by atoms with E-state index in [0.717, 1.165) is 0 Å². The van der Waals surface area contributed by atoms with E-state index in [9.17, 15) is 0 Å². The Labute approximate surface area is 203 Å². The van der Waals surface area contributed by atoms with Crippen molar-refractivity contribution in [2.45, 2.75) is 0 Å². The zero-order valence-corrected chi connectivity index (χ0v) is 18.8. The molecule has 0 spiro atoms. The predicted molar refractivity (Wildman–Crippen MR) is 76.4 cm³/mol. The molecule has 32 heavy (non-hydrogen) atoms. The Morgan fingerprint density at radius 1 is 0.219 bits per heavy atom. The van der Waals surface area contributed by atoms with E-state index < -0.39 is 59.7 Å². The summed E-state index contributed by atoms with van der Waals surface area (Å²) in [5.41, 5.74) is 0. The molecular formula is C10H10Nb2O20. The molecule has 0 rings (SSSR count). The summed E-state index contributed by atoms with van der Waals surface area (Å²) in [4.78, 5) is 91.0. The second-order valence-electron chi connectivity index (χ2n) is 3.05. The van der Waals surface area contributed by atoms with Crippen molar-refractivity contribution in [1.82, 2.24) is 0 Å². The van der Waals surface area contributed by atoms with Crippen LogP contribution in [-0.4, -0.2) is 111 Å². The van der Waals surface area contributed by atoms with Crippen molar-refractivity contribution in [3.8, 4) is 0 Å². The quantitative estimate of drug-likeness (QED) is 0.0889. The fourth-order valence-electron chi connectivity index (χ4n) is 0. The predicted octanol–water partition coefficient (Wildman–Crippen LogP) is -4.23. The van der Waals surface area contributed by atoms with Crippen LogP contribution < -0.4 is 0 Å². The molecule has 0 bridgehead atoms. The molecule has 0 heterocycles. The van der Waals surface area contributed by atoms with Crippen LogP contribution in [0.1, 0.15) is 0 Å². The molecule has 2 radical (unpaired) electrons. The van der Waals surface area contributed by atoms with Crippen molar-refractivity contribution in [3.63, 3.8) is 0 Å². The maximum Gasteiger partial charge on any atom is 0.414 e. The van der Waals surface area contributed by atoms with E-state index in [0.29, 0.717) is 0 Å². The largest absolute Gasteiger partial charge is 0.473 e. The third-order valence-electron chi connectivity index (χ3n) is 0.915. The zero-order valence-electron chi connectivity index (χ0n) is 14.4. The Morgan fingerprint density at radius 3 is 0.250 bits per heavy atom. The van der Waals surface area contributed by atoms with Crippen LogP contribution in [-0.2, 0) is 92.7 Å². The molecule has 20 nitrogen and oxygen atoms in total. The van der Waals surface area contributed by atoms with Crippen LogP contribution >= 0.6 is 0 Å². The third-order valence-corrected chi connectivity index (χ3v) is 0.915. The maximum absolute atomic E-state index is 9.10. The van der Waals surface area contributed by atoms with Crippen LogP contribution in [0.25, 0.3) is 0 Å². The minimum absolute atomic E-state index is 0. The van der Waals surface area contributed by atoms with E-state index in [1.807, 2.05) is 0 Å². The Morgan fingerprint density at radius 2 is 0.250 bits per heavy atom. The molecule has 0 amide bonds. The molecule has 0 aromatic carbocycles. The summed E-state index contributed by atoms with van der Waals surface area (Å²) < 4.78 is 0. The molecule has 0 aliphatic carbocycles. The van der Waals surface area contributed by atoms with Gasteiger partial charge in [0.2, 0.25) is 0 Å². The van der Waals surface area contributed by atoms with Gasteiger partial charge in [-0.3, -0.25) is 0 Å². The van der Waals surface area contributed by atoms with E-state index in [-0.39, 0.29) is 44.8 Å². The summed E-state index contributed by atoms with van der Waals surface area (Å²) in [7, 11) is 0. The SMILES string of the molecule is O=C(O)C(=O)O.O=C(O)C(=O)O.O=C(O)C(=O)O.O=C(O)C(=O)O.O=C(O)C(=O)O.[Nb].[Nb]. The molecule has 0 saturated heterocycles. The number of hydrogen-bond acceptors (Lipinski definition) is 10. The Kier molecular flexibility index (Phi) is 39.4. The topological polar surface area (TPSA) is 373 Å². The van der Waals surface area contributed by atoms with Crippen molar-refractivity contribution in [3.05, 3.63) is 0 Å². The molecule has 0 aromatic rings. The van der Waals surface area contributed by atoms with Gasteiger partial charge in [-0.05, 0) is 0 Å². The molecule has 0 atom stereocenters. The van der Waals surface area contributed by atoms with Gasteiger partial charge < -0.3 is 51.1 Å². The summed E-state index contributed by atoms with van der Waals surface area (Å²) in [5, 5.41) is 73.9. The average molecular weight is 636 g/mol. The molecule has 0 fully saturated rings. The van der Waals surface area contributed by atoms with E-state index in [1.165, 1.54) is 0 Å². The average Bonchev–Trinajstić information content (AvgIpc) is 2.56. The summed E-state index contributed by atoms with van der Waals surface area (Å²) in [6, 6.07) is 0. The van der Waals surface area contributed by atoms with Gasteiger partial charge in [-0.15, -0.1) is 0 Å². The molecule has 0 unspecified atom stereocenters. The van der Waals surface area contributed by atoms with Gasteiger partial charge in [-0.25, -0.2) is 47.9 Å². The zero-order chi connectivity index (χ0) is 25.8. The first-order chi connectivity index (χ1) is 13.2. The van der Waals surface area contributed by atoms with Crippen molar-refractivity contribution < 1.29 is 144 Å². The fraction of sp³-hybridized carbons (Fsp3) is 0. The molecule has 0 saturated carbocycles. The van der Waals surface area contributed by atoms with Crippen LogP contribution in [0.15, 0.2) is 0 Å². The number of carboxylic acid groups (broad SMARTS) is 10. The van der Waals surface area contributed by atoms with Gasteiger partial charge in [0.1, 0.15) is 0 Å². The molecular weight excluding hydrogens is 626 g/mol. The van der Waals surface area contributed by atoms with Crippen LogP contribution in [0.2, 0.25) is 0 Å². The van der Waals surface area contributed by atoms with Gasteiger partial charge in [0.05, 0.1) is 0 Å². The van der Waals surface area contributed by atoms with Crippen LogP contribution in [0, 0.1) is 0 Å². The fourth-order valence-corrected chi connectivity index (χ4v) is 0. The van der Waals surface area contributed by atoms with Gasteiger partial charge in [0.15, 0.2) is 0 Å². The van der Waals surface area contributed by atoms with Gasteiger partial charge in [0.25, 0.3) is 0 Å². The molecule has 180 valence electrons. The molecule has 22 heteroatoms. The summed E-state index contributed by atoms with van der Waals surface area (Å²) in [6.45, 7) is 0. The van der Waals surface area contributed by atoms with Crippen molar-refractivity contribution >= 4 is 59.7 Å². The first-order valence-electron chi connectivity index (χ1n) is 5.53. The third kappa shape index (κ3) is 63.4. The van der Waals surface area contributed by atoms with Crippen LogP contribution in [0.5, 0.6) is 0 Å². The second-order valence-corrected chi connectivity index (χ2v) is 3.05. The Balaban J connectivity index is -0.0000000481. The summed E-state index contributed by atoms with van der Waals surface area (Å²) in [5.74, 6) is -18.2. The number of hydrogen-bond donors (Lipinski definition) is 10. The van der Waals surface area contributed by atoms with Crippen LogP contribution in [0.4, 0.5) is 0 Å². The first kappa shape index (κ1) is 46.4. The number of rotatable bonds is 0. The Hall–Kier alpha value is -3.82. The molecule has 10 N–H and O–H groups in total. The normalized spacial score (nSPS) is 6.88. The Bertz CT molecular complexity index is 508. The van der Waals surface area contributed by atoms with Gasteiger partial charge in [-0.2, -0.15) is 0 Å². The van der Waals surface area contributed by atoms with E-state index >= 15 is 0 Å². The van der Waals surface area contributed by atoms with Crippen LogP contribution in [0.3, 0.4) is 0 Å². The van der Waals surface area contributed by atoms with E-state index in [1.54, 1.807) is 0 Å². The number of carboxylic acids is 10. The summed E-state index contributed by atoms with van der Waals surface area (Å²) in [6.07, 6.45) is 0.